The van der Waals surface area contributed by atoms with Crippen LogP contribution in [0.15, 0.2) is 53.5 Å². The average Bonchev–Trinajstić information content (AvgIpc) is 3.44. The van der Waals surface area contributed by atoms with Crippen LogP contribution in [0.4, 0.5) is 5.69 Å². The molecule has 0 bridgehead atoms. The fraction of sp³-hybridized carbons (Fsp3) is 0.440. The quantitative estimate of drug-likeness (QED) is 0.512. The topological polar surface area (TPSA) is 87.9 Å². The third kappa shape index (κ3) is 3.44. The number of nitrogens with two attached hydrogens (primary N) is 1. The van der Waals surface area contributed by atoms with Gasteiger partial charge in [0.05, 0.1) is 23.4 Å². The fourth-order valence-corrected chi connectivity index (χ4v) is 5.08. The highest BCUT2D eigenvalue weighted by Gasteiger charge is 2.39. The number of fused-ring (bicyclic) bond motifs is 2. The van der Waals surface area contributed by atoms with Gasteiger partial charge in [-0.1, -0.05) is 32.9 Å². The first-order valence-corrected chi connectivity index (χ1v) is 11.2. The van der Waals surface area contributed by atoms with Gasteiger partial charge < -0.3 is 16.2 Å². The molecule has 3 heterocycles. The van der Waals surface area contributed by atoms with Gasteiger partial charge in [-0.15, -0.1) is 0 Å². The number of aliphatic hydroxyl groups excluding tert-OH is 1. The van der Waals surface area contributed by atoms with E-state index in [-0.39, 0.29) is 5.41 Å². The van der Waals surface area contributed by atoms with Crippen LogP contribution >= 0.6 is 0 Å². The highest BCUT2D eigenvalue weighted by molar-refractivity contribution is 5.83. The van der Waals surface area contributed by atoms with Crippen LogP contribution in [0.25, 0.3) is 11.1 Å². The predicted molar refractivity (Wildman–Crippen MR) is 125 cm³/mol. The molecule has 5 rings (SSSR count). The van der Waals surface area contributed by atoms with Gasteiger partial charge in [0, 0.05) is 18.0 Å². The van der Waals surface area contributed by atoms with E-state index in [1.165, 1.54) is 17.6 Å². The smallest absolute Gasteiger partial charge is 0.132 e. The fourth-order valence-electron chi connectivity index (χ4n) is 5.08. The zero-order valence-corrected chi connectivity index (χ0v) is 18.4. The molecule has 1 saturated carbocycles. The third-order valence-electron chi connectivity index (χ3n) is 7.72. The largest absolute Gasteiger partial charge is 0.384 e. The molecule has 2 aliphatic carbocycles. The highest BCUT2D eigenvalue weighted by Crippen LogP contribution is 2.46. The van der Waals surface area contributed by atoms with Gasteiger partial charge >= 0.3 is 0 Å². The molecule has 0 radical (unpaired) electrons. The maximum atomic E-state index is 10.2. The second-order valence-electron chi connectivity index (χ2n) is 9.75. The molecule has 162 valence electrons. The van der Waals surface area contributed by atoms with E-state index in [2.05, 4.69) is 61.7 Å². The minimum atomic E-state index is -1.12. The van der Waals surface area contributed by atoms with E-state index in [4.69, 9.17) is 10.7 Å². The number of allylic oxidation sites excluding steroid dienone is 2. The lowest BCUT2D eigenvalue weighted by molar-refractivity contribution is 0.186. The van der Waals surface area contributed by atoms with Crippen LogP contribution in [-0.4, -0.2) is 27.0 Å². The van der Waals surface area contributed by atoms with Crippen molar-refractivity contribution in [1.82, 2.24) is 14.9 Å². The number of hydrogen-bond acceptors (Lipinski definition) is 5. The number of aliphatic imine (C=N–C) groups is 1. The minimum Gasteiger partial charge on any atom is -0.384 e. The number of rotatable bonds is 4. The van der Waals surface area contributed by atoms with Crippen LogP contribution in [0.2, 0.25) is 0 Å². The van der Waals surface area contributed by atoms with Crippen molar-refractivity contribution >= 4 is 23.0 Å². The van der Waals surface area contributed by atoms with Crippen LogP contribution in [0.1, 0.15) is 57.4 Å². The molecule has 1 aliphatic heterocycles. The molecular weight excluding hydrogens is 386 g/mol. The van der Waals surface area contributed by atoms with E-state index in [0.29, 0.717) is 29.1 Å². The zero-order chi connectivity index (χ0) is 21.8. The Morgan fingerprint density at radius 3 is 2.94 bits per heavy atom. The summed E-state index contributed by atoms with van der Waals surface area (Å²) in [7, 11) is 0. The van der Waals surface area contributed by atoms with E-state index in [1.807, 2.05) is 16.9 Å². The first-order valence-electron chi connectivity index (χ1n) is 11.2. The van der Waals surface area contributed by atoms with E-state index in [1.54, 1.807) is 6.20 Å². The monoisotopic (exact) mass is 417 g/mol. The highest BCUT2D eigenvalue weighted by atomic mass is 16.3. The van der Waals surface area contributed by atoms with Gasteiger partial charge in [0.1, 0.15) is 6.23 Å². The summed E-state index contributed by atoms with van der Waals surface area (Å²) in [6.45, 7) is 6.96. The number of nitrogens with zero attached hydrogens (tertiary/aromatic N) is 3. The average molecular weight is 418 g/mol. The molecular formula is C25H31N5O. The van der Waals surface area contributed by atoms with Crippen LogP contribution in [0, 0.1) is 17.3 Å². The molecule has 4 unspecified atom stereocenters. The summed E-state index contributed by atoms with van der Waals surface area (Å²) in [5.41, 5.74) is 11.9. The Morgan fingerprint density at radius 2 is 2.19 bits per heavy atom. The number of aliphatic hydroxyl groups is 1. The second-order valence-corrected chi connectivity index (χ2v) is 9.75. The maximum Gasteiger partial charge on any atom is 0.132 e. The summed E-state index contributed by atoms with van der Waals surface area (Å²) >= 11 is 0. The molecule has 6 nitrogen and oxygen atoms in total. The molecule has 0 spiro atoms. The molecule has 0 saturated heterocycles. The number of aromatic nitrogens is 2. The Bertz CT molecular complexity index is 1130. The van der Waals surface area contributed by atoms with Crippen LogP contribution in [-0.2, 0) is 0 Å². The molecule has 3 aliphatic rings. The molecule has 1 fully saturated rings. The number of nitrogens with one attached hydrogen (secondary N) is 1. The van der Waals surface area contributed by atoms with E-state index < -0.39 is 6.23 Å². The van der Waals surface area contributed by atoms with Gasteiger partial charge in [0.25, 0.3) is 0 Å². The first-order chi connectivity index (χ1) is 14.8. The molecule has 2 aromatic rings. The van der Waals surface area contributed by atoms with Crippen LogP contribution < -0.4 is 11.1 Å². The second kappa shape index (κ2) is 7.46. The lowest BCUT2D eigenvalue weighted by Crippen LogP contribution is -2.24. The minimum absolute atomic E-state index is 0.209. The molecule has 4 N–H and O–H groups in total. The van der Waals surface area contributed by atoms with E-state index in [9.17, 15) is 5.11 Å². The lowest BCUT2D eigenvalue weighted by atomic mass is 9.77. The summed E-state index contributed by atoms with van der Waals surface area (Å²) in [5.74, 6) is 1.06. The Hall–Kier alpha value is -2.70. The van der Waals surface area contributed by atoms with Gasteiger partial charge in [-0.25, -0.2) is 4.52 Å². The SMILES string of the molecule is CC1CCC(C=Nc2c(C(N)O)cnn3cc(C4=CC=C5C=CNC5C4)cc23)C1(C)C. The van der Waals surface area contributed by atoms with Gasteiger partial charge in [0.2, 0.25) is 0 Å². The van der Waals surface area contributed by atoms with Gasteiger partial charge in [0.15, 0.2) is 0 Å². The van der Waals surface area contributed by atoms with Crippen LogP contribution in [0.3, 0.4) is 0 Å². The Morgan fingerprint density at radius 1 is 1.35 bits per heavy atom. The summed E-state index contributed by atoms with van der Waals surface area (Å²) in [5, 5.41) is 18.1. The van der Waals surface area contributed by atoms with E-state index in [0.717, 1.165) is 23.9 Å². The van der Waals surface area contributed by atoms with Crippen LogP contribution in [0.5, 0.6) is 0 Å². The summed E-state index contributed by atoms with van der Waals surface area (Å²) < 4.78 is 1.84. The molecule has 0 amide bonds. The Kier molecular flexibility index (Phi) is 4.87. The van der Waals surface area contributed by atoms with Crippen molar-refractivity contribution in [2.24, 2.45) is 28.0 Å². The standard InChI is InChI=1S/C25H31N5O/c1-15-4-7-19(25(15,2)3)12-28-23-20(24(26)31)13-29-30-14-18(11-22(23)30)17-6-5-16-8-9-27-21(16)10-17/h5-6,8-9,11-15,19,21,24,27,31H,4,7,10,26H2,1-3H3. The Labute approximate surface area is 183 Å². The van der Waals surface area contributed by atoms with Gasteiger partial charge in [-0.05, 0) is 71.6 Å². The molecule has 6 heteroatoms. The van der Waals surface area contributed by atoms with Crippen molar-refractivity contribution in [1.29, 1.82) is 0 Å². The Balaban J connectivity index is 1.54. The van der Waals surface area contributed by atoms with Crippen molar-refractivity contribution in [3.8, 4) is 0 Å². The van der Waals surface area contributed by atoms with Gasteiger partial charge in [-0.2, -0.15) is 5.10 Å². The van der Waals surface area contributed by atoms with Crippen molar-refractivity contribution in [3.05, 3.63) is 59.6 Å². The van der Waals surface area contributed by atoms with E-state index >= 15 is 0 Å². The first kappa shape index (κ1) is 20.2. The van der Waals surface area contributed by atoms with Crippen molar-refractivity contribution in [2.75, 3.05) is 0 Å². The zero-order valence-electron chi connectivity index (χ0n) is 18.4. The molecule has 4 atom stereocenters. The summed E-state index contributed by atoms with van der Waals surface area (Å²) in [6, 6.07) is 2.45. The predicted octanol–water partition coefficient (Wildman–Crippen LogP) is 4.26. The normalized spacial score (nSPS) is 28.0. The van der Waals surface area contributed by atoms with Crippen molar-refractivity contribution < 1.29 is 5.11 Å². The maximum absolute atomic E-state index is 10.2. The van der Waals surface area contributed by atoms with Crippen molar-refractivity contribution in [2.45, 2.75) is 52.3 Å². The molecule has 2 aromatic heterocycles. The summed E-state index contributed by atoms with van der Waals surface area (Å²) in [4.78, 5) is 4.90. The molecule has 0 aromatic carbocycles. The third-order valence-corrected chi connectivity index (χ3v) is 7.72. The summed E-state index contributed by atoms with van der Waals surface area (Å²) in [6.07, 6.45) is 16.4. The number of hydrogen-bond donors (Lipinski definition) is 3. The molecule has 31 heavy (non-hydrogen) atoms. The van der Waals surface area contributed by atoms with Gasteiger partial charge in [-0.3, -0.25) is 4.99 Å². The lowest BCUT2D eigenvalue weighted by Gasteiger charge is -2.28. The van der Waals surface area contributed by atoms with Crippen molar-refractivity contribution in [3.63, 3.8) is 0 Å².